The number of carbonyl (C=O) groups excluding carboxylic acids is 1. The molecule has 0 aromatic rings. The molecule has 0 saturated carbocycles. The molecule has 1 aliphatic heterocycles. The Labute approximate surface area is 57.1 Å². The number of cyclic esters (lactones) is 1. The van der Waals surface area contributed by atoms with Gasteiger partial charge in [0, 0.05) is 6.08 Å². The lowest BCUT2D eigenvalue weighted by atomic mass is 10.1. The maximum atomic E-state index is 10.3. The molecule has 54 valence electrons. The van der Waals surface area contributed by atoms with Crippen LogP contribution in [0.4, 0.5) is 0 Å². The van der Waals surface area contributed by atoms with Gasteiger partial charge in [0.2, 0.25) is 0 Å². The molecule has 0 aliphatic carbocycles. The van der Waals surface area contributed by atoms with Crippen molar-refractivity contribution in [3.05, 3.63) is 12.2 Å². The fourth-order valence-corrected chi connectivity index (χ4v) is 0.624. The third-order valence-electron chi connectivity index (χ3n) is 1.19. The minimum atomic E-state index is -0.969. The zero-order valence-corrected chi connectivity index (χ0v) is 5.11. The number of ether oxygens (including phenoxy) is 1. The first-order valence-electron chi connectivity index (χ1n) is 2.78. The van der Waals surface area contributed by atoms with Crippen LogP contribution < -0.4 is 0 Å². The van der Waals surface area contributed by atoms with Crippen molar-refractivity contribution in [2.45, 2.75) is 0 Å². The Morgan fingerprint density at radius 1 is 1.80 bits per heavy atom. The first-order valence-corrected chi connectivity index (χ1v) is 2.78. The Morgan fingerprint density at radius 3 is 2.90 bits per heavy atom. The van der Waals surface area contributed by atoms with E-state index in [2.05, 4.69) is 4.74 Å². The summed E-state index contributed by atoms with van der Waals surface area (Å²) in [4.78, 5) is 20.5. The van der Waals surface area contributed by atoms with Gasteiger partial charge in [-0.2, -0.15) is 0 Å². The lowest BCUT2D eigenvalue weighted by Crippen LogP contribution is -2.23. The summed E-state index contributed by atoms with van der Waals surface area (Å²) in [5.74, 6) is -2.11. The lowest BCUT2D eigenvalue weighted by molar-refractivity contribution is -0.147. The van der Waals surface area contributed by atoms with E-state index in [9.17, 15) is 9.59 Å². The van der Waals surface area contributed by atoms with E-state index in [0.29, 0.717) is 0 Å². The summed E-state index contributed by atoms with van der Waals surface area (Å²) >= 11 is 0. The molecule has 0 fully saturated rings. The molecular weight excluding hydrogens is 136 g/mol. The normalized spacial score (nSPS) is 24.0. The minimum absolute atomic E-state index is 0.0509. The van der Waals surface area contributed by atoms with Crippen LogP contribution in [0, 0.1) is 5.92 Å². The Balaban J connectivity index is 2.61. The van der Waals surface area contributed by atoms with E-state index in [-0.39, 0.29) is 6.61 Å². The lowest BCUT2D eigenvalue weighted by Gasteiger charge is -2.11. The van der Waals surface area contributed by atoms with E-state index in [1.54, 1.807) is 0 Å². The number of esters is 1. The molecule has 4 nitrogen and oxygen atoms in total. The van der Waals surface area contributed by atoms with Crippen LogP contribution in [-0.4, -0.2) is 23.7 Å². The molecule has 0 radical (unpaired) electrons. The van der Waals surface area contributed by atoms with Crippen molar-refractivity contribution < 1.29 is 19.4 Å². The monoisotopic (exact) mass is 142 g/mol. The Kier molecular flexibility index (Phi) is 1.71. The van der Waals surface area contributed by atoms with Crippen molar-refractivity contribution in [3.63, 3.8) is 0 Å². The van der Waals surface area contributed by atoms with E-state index in [0.717, 1.165) is 6.08 Å². The average molecular weight is 142 g/mol. The van der Waals surface area contributed by atoms with Gasteiger partial charge in [0.05, 0.1) is 0 Å². The van der Waals surface area contributed by atoms with Gasteiger partial charge in [-0.25, -0.2) is 4.79 Å². The van der Waals surface area contributed by atoms with Crippen molar-refractivity contribution in [3.8, 4) is 0 Å². The maximum absolute atomic E-state index is 10.3. The van der Waals surface area contributed by atoms with Crippen molar-refractivity contribution in [1.29, 1.82) is 0 Å². The van der Waals surface area contributed by atoms with Crippen LogP contribution in [0.5, 0.6) is 0 Å². The highest BCUT2D eigenvalue weighted by atomic mass is 16.5. The first kappa shape index (κ1) is 6.80. The number of carboxylic acid groups (broad SMARTS) is 1. The molecule has 10 heavy (non-hydrogen) atoms. The van der Waals surface area contributed by atoms with Crippen molar-refractivity contribution in [2.75, 3.05) is 6.61 Å². The standard InChI is InChI=1S/C6H6O4/c7-5-2-1-4(3-10-5)6(8)9/h1-2,4H,3H2,(H,8,9). The predicted octanol–water partition coefficient (Wildman–Crippen LogP) is -0.200. The van der Waals surface area contributed by atoms with Gasteiger partial charge in [-0.1, -0.05) is 6.08 Å². The molecule has 1 unspecified atom stereocenters. The molecule has 1 rings (SSSR count). The highest BCUT2D eigenvalue weighted by Crippen LogP contribution is 2.05. The molecule has 1 atom stereocenters. The van der Waals surface area contributed by atoms with Gasteiger partial charge in [-0.3, -0.25) is 4.79 Å². The third kappa shape index (κ3) is 1.34. The fourth-order valence-electron chi connectivity index (χ4n) is 0.624. The molecule has 0 bridgehead atoms. The van der Waals surface area contributed by atoms with Gasteiger partial charge in [-0.05, 0) is 0 Å². The fraction of sp³-hybridized carbons (Fsp3) is 0.333. The second-order valence-electron chi connectivity index (χ2n) is 1.93. The number of hydrogen-bond donors (Lipinski definition) is 1. The van der Waals surface area contributed by atoms with E-state index in [4.69, 9.17) is 5.11 Å². The first-order chi connectivity index (χ1) is 4.70. The highest BCUT2D eigenvalue weighted by molar-refractivity contribution is 5.85. The maximum Gasteiger partial charge on any atom is 0.330 e. The van der Waals surface area contributed by atoms with Gasteiger partial charge in [0.25, 0.3) is 0 Å². The summed E-state index contributed by atoms with van der Waals surface area (Å²) in [6.45, 7) is -0.0509. The molecule has 0 spiro atoms. The van der Waals surface area contributed by atoms with E-state index >= 15 is 0 Å². The van der Waals surface area contributed by atoms with Gasteiger partial charge >= 0.3 is 11.9 Å². The van der Waals surface area contributed by atoms with Crippen LogP contribution in [0.15, 0.2) is 12.2 Å². The summed E-state index contributed by atoms with van der Waals surface area (Å²) in [6.07, 6.45) is 2.45. The summed E-state index contributed by atoms with van der Waals surface area (Å²) in [5.41, 5.74) is 0. The SMILES string of the molecule is O=C1C=CC(C(=O)O)CO1. The smallest absolute Gasteiger partial charge is 0.330 e. The van der Waals surface area contributed by atoms with Crippen LogP contribution in [0.1, 0.15) is 0 Å². The minimum Gasteiger partial charge on any atom is -0.481 e. The van der Waals surface area contributed by atoms with Crippen LogP contribution >= 0.6 is 0 Å². The molecule has 0 aromatic heterocycles. The van der Waals surface area contributed by atoms with Gasteiger partial charge in [0.15, 0.2) is 0 Å². The van der Waals surface area contributed by atoms with Gasteiger partial charge in [-0.15, -0.1) is 0 Å². The Hall–Kier alpha value is -1.32. The second-order valence-corrected chi connectivity index (χ2v) is 1.93. The second kappa shape index (κ2) is 2.51. The highest BCUT2D eigenvalue weighted by Gasteiger charge is 2.19. The van der Waals surface area contributed by atoms with Gasteiger partial charge < -0.3 is 9.84 Å². The molecule has 1 heterocycles. The van der Waals surface area contributed by atoms with Gasteiger partial charge in [0.1, 0.15) is 12.5 Å². The summed E-state index contributed by atoms with van der Waals surface area (Å²) in [7, 11) is 0. The largest absolute Gasteiger partial charge is 0.481 e. The summed E-state index contributed by atoms with van der Waals surface area (Å²) in [5, 5.41) is 8.38. The molecule has 1 aliphatic rings. The molecule has 0 saturated heterocycles. The van der Waals surface area contributed by atoms with Crippen molar-refractivity contribution in [1.82, 2.24) is 0 Å². The molecule has 1 N–H and O–H groups in total. The summed E-state index contributed by atoms with van der Waals surface area (Å²) in [6, 6.07) is 0. The van der Waals surface area contributed by atoms with E-state index in [1.165, 1.54) is 6.08 Å². The van der Waals surface area contributed by atoms with E-state index in [1.807, 2.05) is 0 Å². The molecule has 0 aromatic carbocycles. The average Bonchev–Trinajstić information content (AvgIpc) is 1.88. The molecule has 0 amide bonds. The number of rotatable bonds is 1. The molecule has 4 heteroatoms. The van der Waals surface area contributed by atoms with Crippen molar-refractivity contribution in [2.24, 2.45) is 5.92 Å². The third-order valence-corrected chi connectivity index (χ3v) is 1.19. The van der Waals surface area contributed by atoms with Crippen LogP contribution in [-0.2, 0) is 14.3 Å². The summed E-state index contributed by atoms with van der Waals surface area (Å²) < 4.78 is 4.45. The molecular formula is C6H6O4. The van der Waals surface area contributed by atoms with Crippen LogP contribution in [0.3, 0.4) is 0 Å². The zero-order valence-electron chi connectivity index (χ0n) is 5.11. The van der Waals surface area contributed by atoms with E-state index < -0.39 is 17.9 Å². The van der Waals surface area contributed by atoms with Crippen LogP contribution in [0.2, 0.25) is 0 Å². The Bertz CT molecular complexity index is 194. The topological polar surface area (TPSA) is 63.6 Å². The zero-order chi connectivity index (χ0) is 7.56. The predicted molar refractivity (Wildman–Crippen MR) is 31.2 cm³/mol. The van der Waals surface area contributed by atoms with Crippen LogP contribution in [0.25, 0.3) is 0 Å². The number of hydrogen-bond acceptors (Lipinski definition) is 3. The number of carboxylic acids is 1. The number of carbonyl (C=O) groups is 2. The number of aliphatic carboxylic acids is 1. The van der Waals surface area contributed by atoms with Crippen molar-refractivity contribution >= 4 is 11.9 Å². The Morgan fingerprint density at radius 2 is 2.50 bits per heavy atom. The quantitative estimate of drug-likeness (QED) is 0.515.